The van der Waals surface area contributed by atoms with Gasteiger partial charge in [-0.1, -0.05) is 54.5 Å². The third-order valence-electron chi connectivity index (χ3n) is 13.4. The summed E-state index contributed by atoms with van der Waals surface area (Å²) in [5, 5.41) is 22.1. The maximum Gasteiger partial charge on any atom is 0.312 e. The highest BCUT2D eigenvalue weighted by molar-refractivity contribution is 6.04. The van der Waals surface area contributed by atoms with Crippen molar-refractivity contribution in [1.82, 2.24) is 0 Å². The Bertz CT molecular complexity index is 1140. The van der Waals surface area contributed by atoms with Gasteiger partial charge in [-0.3, -0.25) is 9.59 Å². The van der Waals surface area contributed by atoms with Crippen LogP contribution in [0.3, 0.4) is 0 Å². The fraction of sp³-hybridized carbons (Fsp3) is 0.848. The number of ketones is 1. The molecule has 5 aliphatic carbocycles. The highest BCUT2D eigenvalue weighted by atomic mass is 19.1. The van der Waals surface area contributed by atoms with Crippen LogP contribution in [-0.4, -0.2) is 36.2 Å². The van der Waals surface area contributed by atoms with Crippen molar-refractivity contribution < 1.29 is 23.8 Å². The molecule has 0 spiro atoms. The van der Waals surface area contributed by atoms with E-state index in [1.807, 2.05) is 19.9 Å². The van der Waals surface area contributed by atoms with Crippen molar-refractivity contribution in [1.29, 1.82) is 5.26 Å². The summed E-state index contributed by atoms with van der Waals surface area (Å²) in [4.78, 5) is 26.9. The molecule has 39 heavy (non-hydrogen) atoms. The van der Waals surface area contributed by atoms with Gasteiger partial charge in [0.05, 0.1) is 17.1 Å². The average Bonchev–Trinajstić information content (AvgIpc) is 2.86. The van der Waals surface area contributed by atoms with Crippen LogP contribution in [0.1, 0.15) is 99.8 Å². The largest absolute Gasteiger partial charge is 0.462 e. The van der Waals surface area contributed by atoms with Gasteiger partial charge >= 0.3 is 5.97 Å². The number of hydrogen-bond acceptors (Lipinski definition) is 5. The molecule has 4 fully saturated rings. The van der Waals surface area contributed by atoms with E-state index in [9.17, 15) is 24.3 Å². The summed E-state index contributed by atoms with van der Waals surface area (Å²) in [5.41, 5.74) is -1.74. The molecule has 0 aliphatic heterocycles. The predicted molar refractivity (Wildman–Crippen MR) is 147 cm³/mol. The molecule has 0 bridgehead atoms. The Morgan fingerprint density at radius 3 is 2.36 bits per heavy atom. The Morgan fingerprint density at radius 2 is 1.72 bits per heavy atom. The zero-order valence-corrected chi connectivity index (χ0v) is 25.0. The summed E-state index contributed by atoms with van der Waals surface area (Å²) < 4.78 is 18.6. The number of nitrogens with zero attached hydrogens (tertiary/aromatic N) is 1. The minimum Gasteiger partial charge on any atom is -0.462 e. The third-order valence-corrected chi connectivity index (χ3v) is 13.4. The van der Waals surface area contributed by atoms with Crippen LogP contribution >= 0.6 is 0 Å². The number of Topliss-reactive ketones (excluding diaryl/α,β-unsaturated/α-hetero) is 1. The molecule has 0 aromatic heterocycles. The van der Waals surface area contributed by atoms with E-state index < -0.39 is 23.6 Å². The molecule has 5 aliphatic rings. The SMILES string of the molecule is CC1(C)CC[C@]2(C(=O)OCCF)CC[C@]3(C)C(C2C1)[C@H](O)C[C@@H]1[C@@]2(C)C=C(C#N)C(=O)C(C)(C)[C@@H]2CC[C@]13C. The minimum atomic E-state index is -0.682. The first-order chi connectivity index (χ1) is 18.0. The second-order valence-electron chi connectivity index (χ2n) is 15.9. The number of nitriles is 1. The predicted octanol–water partition coefficient (Wildman–Crippen LogP) is 6.59. The number of aliphatic hydroxyl groups is 1. The molecule has 5 rings (SSSR count). The number of rotatable bonds is 3. The van der Waals surface area contributed by atoms with Crippen molar-refractivity contribution in [3.63, 3.8) is 0 Å². The summed E-state index contributed by atoms with van der Waals surface area (Å²) in [6, 6.07) is 2.20. The van der Waals surface area contributed by atoms with Gasteiger partial charge in [-0.15, -0.1) is 0 Å². The lowest BCUT2D eigenvalue weighted by Crippen LogP contribution is -2.70. The lowest BCUT2D eigenvalue weighted by molar-refractivity contribution is -0.261. The van der Waals surface area contributed by atoms with E-state index in [1.165, 1.54) is 0 Å². The van der Waals surface area contributed by atoms with Crippen molar-refractivity contribution in [3.05, 3.63) is 11.6 Å². The Kier molecular flexibility index (Phi) is 6.55. The summed E-state index contributed by atoms with van der Waals surface area (Å²) in [5.74, 6) is -0.213. The molecule has 0 amide bonds. The van der Waals surface area contributed by atoms with E-state index in [0.29, 0.717) is 12.8 Å². The molecule has 2 unspecified atom stereocenters. The molecule has 5 nitrogen and oxygen atoms in total. The lowest BCUT2D eigenvalue weighted by Gasteiger charge is -2.73. The van der Waals surface area contributed by atoms with Crippen molar-refractivity contribution in [3.8, 4) is 6.07 Å². The molecule has 216 valence electrons. The highest BCUT2D eigenvalue weighted by Gasteiger charge is 2.73. The number of carbonyl (C=O) groups excluding carboxylic acids is 2. The van der Waals surface area contributed by atoms with Gasteiger partial charge in [-0.2, -0.15) is 5.26 Å². The van der Waals surface area contributed by atoms with Crippen LogP contribution in [-0.2, 0) is 14.3 Å². The van der Waals surface area contributed by atoms with Gasteiger partial charge in [-0.25, -0.2) is 4.39 Å². The monoisotopic (exact) mass is 541 g/mol. The van der Waals surface area contributed by atoms with E-state index in [2.05, 4.69) is 40.7 Å². The lowest BCUT2D eigenvalue weighted by atomic mass is 9.31. The zero-order chi connectivity index (χ0) is 28.8. The number of alkyl halides is 1. The topological polar surface area (TPSA) is 87.4 Å². The summed E-state index contributed by atoms with van der Waals surface area (Å²) in [6.07, 6.45) is 7.80. The van der Waals surface area contributed by atoms with Crippen LogP contribution in [0.15, 0.2) is 11.6 Å². The first-order valence-corrected chi connectivity index (χ1v) is 15.1. The number of carbonyl (C=O) groups is 2. The summed E-state index contributed by atoms with van der Waals surface area (Å²) in [7, 11) is 0. The Labute approximate surface area is 233 Å². The minimum absolute atomic E-state index is 0.0278. The van der Waals surface area contributed by atoms with Crippen LogP contribution in [0, 0.1) is 67.5 Å². The number of esters is 1. The third kappa shape index (κ3) is 3.70. The molecule has 4 saturated carbocycles. The number of halogens is 1. The van der Waals surface area contributed by atoms with Gasteiger partial charge < -0.3 is 9.84 Å². The molecule has 0 saturated heterocycles. The van der Waals surface area contributed by atoms with E-state index >= 15 is 0 Å². The molecule has 0 radical (unpaired) electrons. The second-order valence-corrected chi connectivity index (χ2v) is 15.9. The fourth-order valence-electron chi connectivity index (χ4n) is 11.3. The first-order valence-electron chi connectivity index (χ1n) is 15.1. The highest BCUT2D eigenvalue weighted by Crippen LogP contribution is 2.76. The standard InChI is InChI=1S/C33H48FNO4/c1-28(2)10-12-33(27(38)39-15-14-34)13-11-32(7)25(21(33)18-28)22(36)16-24-30(5)17-20(19-35)26(37)29(3,4)23(30)8-9-31(24,32)6/h17,21-25,36H,8-16,18H2,1-7H3/t21?,22-,23+,24-,25?,30+,31-,32-,33+/m1/s1. The van der Waals surface area contributed by atoms with Gasteiger partial charge in [-0.05, 0) is 96.7 Å². The Balaban J connectivity index is 1.61. The molecule has 0 heterocycles. The van der Waals surface area contributed by atoms with Crippen molar-refractivity contribution in [2.75, 3.05) is 13.3 Å². The van der Waals surface area contributed by atoms with Gasteiger partial charge in [0.25, 0.3) is 0 Å². The molecule has 1 N–H and O–H groups in total. The Morgan fingerprint density at radius 1 is 1.05 bits per heavy atom. The van der Waals surface area contributed by atoms with E-state index in [1.54, 1.807) is 0 Å². The van der Waals surface area contributed by atoms with Gasteiger partial charge in [0, 0.05) is 5.41 Å². The summed E-state index contributed by atoms with van der Waals surface area (Å²) >= 11 is 0. The number of aliphatic hydroxyl groups excluding tert-OH is 1. The van der Waals surface area contributed by atoms with E-state index in [0.717, 1.165) is 38.5 Å². The van der Waals surface area contributed by atoms with Crippen molar-refractivity contribution in [2.45, 2.75) is 106 Å². The number of fused-ring (bicyclic) bond motifs is 7. The number of hydrogen-bond donors (Lipinski definition) is 1. The van der Waals surface area contributed by atoms with Crippen LogP contribution in [0.5, 0.6) is 0 Å². The smallest absolute Gasteiger partial charge is 0.312 e. The van der Waals surface area contributed by atoms with Gasteiger partial charge in [0.15, 0.2) is 5.78 Å². The average molecular weight is 542 g/mol. The fourth-order valence-corrected chi connectivity index (χ4v) is 11.3. The molecule has 0 aromatic carbocycles. The quantitative estimate of drug-likeness (QED) is 0.407. The molecule has 6 heteroatoms. The van der Waals surface area contributed by atoms with E-state index in [4.69, 9.17) is 4.74 Å². The van der Waals surface area contributed by atoms with Crippen molar-refractivity contribution in [2.24, 2.45) is 56.2 Å². The summed E-state index contributed by atoms with van der Waals surface area (Å²) in [6.45, 7) is 14.6. The van der Waals surface area contributed by atoms with Crippen molar-refractivity contribution >= 4 is 11.8 Å². The molecule has 0 aromatic rings. The maximum absolute atomic E-state index is 13.6. The van der Waals surface area contributed by atoms with E-state index in [-0.39, 0.29) is 69.3 Å². The normalized spacial score (nSPS) is 47.8. The number of ether oxygens (including phenoxy) is 1. The van der Waals surface area contributed by atoms with Crippen LogP contribution in [0.25, 0.3) is 0 Å². The van der Waals surface area contributed by atoms with Crippen LogP contribution in [0.4, 0.5) is 4.39 Å². The Hall–Kier alpha value is -1.74. The second kappa shape index (κ2) is 8.88. The molecular weight excluding hydrogens is 493 g/mol. The number of allylic oxidation sites excluding steroid dienone is 2. The van der Waals surface area contributed by atoms with Crippen LogP contribution in [0.2, 0.25) is 0 Å². The first kappa shape index (κ1) is 28.8. The van der Waals surface area contributed by atoms with Gasteiger partial charge in [0.2, 0.25) is 0 Å². The van der Waals surface area contributed by atoms with Crippen LogP contribution < -0.4 is 0 Å². The zero-order valence-electron chi connectivity index (χ0n) is 25.0. The molecular formula is C33H48FNO4. The maximum atomic E-state index is 13.6. The molecule has 9 atom stereocenters. The van der Waals surface area contributed by atoms with Gasteiger partial charge in [0.1, 0.15) is 19.4 Å².